The number of ketones is 1. The Labute approximate surface area is 152 Å². The number of fused-ring (bicyclic) bond motifs is 5. The summed E-state index contributed by atoms with van der Waals surface area (Å²) in [5.74, 6) is 3.42. The molecule has 8 atom stereocenters. The molecule has 4 aliphatic rings. The van der Waals surface area contributed by atoms with Gasteiger partial charge in [-0.2, -0.15) is 0 Å². The molecule has 0 spiro atoms. The van der Waals surface area contributed by atoms with Crippen LogP contribution in [-0.4, -0.2) is 30.2 Å². The highest BCUT2D eigenvalue weighted by atomic mass is 16.5. The highest BCUT2D eigenvalue weighted by Crippen LogP contribution is 2.68. The zero-order chi connectivity index (χ0) is 18.0. The fraction of sp³-hybridized carbons (Fsp3) is 0.955. The van der Waals surface area contributed by atoms with Gasteiger partial charge in [-0.25, -0.2) is 0 Å². The molecule has 4 rings (SSSR count). The molecule has 0 amide bonds. The van der Waals surface area contributed by atoms with Crippen LogP contribution in [0.4, 0.5) is 0 Å². The quantitative estimate of drug-likeness (QED) is 0.812. The van der Waals surface area contributed by atoms with E-state index < -0.39 is 5.60 Å². The second kappa shape index (κ2) is 5.79. The summed E-state index contributed by atoms with van der Waals surface area (Å²) in [6.45, 7) is 7.45. The van der Waals surface area contributed by atoms with E-state index in [2.05, 4.69) is 20.8 Å². The predicted octanol–water partition coefficient (Wildman–Crippen LogP) is 4.22. The maximum absolute atomic E-state index is 12.3. The Morgan fingerprint density at radius 2 is 1.84 bits per heavy atom. The Hall–Kier alpha value is -0.410. The van der Waals surface area contributed by atoms with Gasteiger partial charge < -0.3 is 9.84 Å². The molecule has 142 valence electrons. The first-order chi connectivity index (χ1) is 11.7. The Balaban J connectivity index is 1.63. The summed E-state index contributed by atoms with van der Waals surface area (Å²) in [4.78, 5) is 12.3. The van der Waals surface area contributed by atoms with E-state index in [1.165, 1.54) is 19.3 Å². The minimum absolute atomic E-state index is 0.00345. The maximum Gasteiger partial charge on any atom is 0.136 e. The fourth-order valence-electron chi connectivity index (χ4n) is 7.99. The van der Waals surface area contributed by atoms with Gasteiger partial charge in [0.1, 0.15) is 5.78 Å². The average molecular weight is 349 g/mol. The van der Waals surface area contributed by atoms with E-state index in [1.807, 2.05) is 0 Å². The third-order valence-electron chi connectivity index (χ3n) is 9.51. The van der Waals surface area contributed by atoms with Gasteiger partial charge in [0.25, 0.3) is 0 Å². The second-order valence-electron chi connectivity index (χ2n) is 10.4. The topological polar surface area (TPSA) is 46.5 Å². The summed E-state index contributed by atoms with van der Waals surface area (Å²) < 4.78 is 5.42. The number of rotatable bonds is 2. The first-order valence-corrected chi connectivity index (χ1v) is 10.5. The molecule has 3 nitrogen and oxygen atoms in total. The number of aliphatic hydroxyl groups is 1. The molecule has 4 saturated carbocycles. The molecule has 0 radical (unpaired) electrons. The first-order valence-electron chi connectivity index (χ1n) is 10.5. The highest BCUT2D eigenvalue weighted by molar-refractivity contribution is 5.82. The van der Waals surface area contributed by atoms with Crippen LogP contribution < -0.4 is 0 Å². The molecule has 0 unspecified atom stereocenters. The van der Waals surface area contributed by atoms with Crippen LogP contribution in [0.2, 0.25) is 0 Å². The van der Waals surface area contributed by atoms with Crippen molar-refractivity contribution in [3.05, 3.63) is 0 Å². The lowest BCUT2D eigenvalue weighted by molar-refractivity contribution is -0.172. The molecule has 1 N–H and O–H groups in total. The Bertz CT molecular complexity index is 559. The number of hydrogen-bond acceptors (Lipinski definition) is 3. The number of carbonyl (C=O) groups excluding carboxylic acids is 1. The normalized spacial score (nSPS) is 55.4. The Morgan fingerprint density at radius 3 is 2.56 bits per heavy atom. The molecule has 25 heavy (non-hydrogen) atoms. The fourth-order valence-corrected chi connectivity index (χ4v) is 7.99. The molecule has 0 aliphatic heterocycles. The van der Waals surface area contributed by atoms with E-state index >= 15 is 0 Å². The van der Waals surface area contributed by atoms with Gasteiger partial charge in [0.15, 0.2) is 0 Å². The smallest absolute Gasteiger partial charge is 0.136 e. The number of carbonyl (C=O) groups is 1. The predicted molar refractivity (Wildman–Crippen MR) is 98.1 cm³/mol. The third kappa shape index (κ3) is 2.34. The van der Waals surface area contributed by atoms with Crippen LogP contribution in [0.5, 0.6) is 0 Å². The van der Waals surface area contributed by atoms with Crippen LogP contribution in [0, 0.1) is 40.4 Å². The van der Waals surface area contributed by atoms with Gasteiger partial charge >= 0.3 is 0 Å². The lowest BCUT2D eigenvalue weighted by Gasteiger charge is -2.61. The van der Waals surface area contributed by atoms with Crippen LogP contribution in [-0.2, 0) is 9.53 Å². The van der Waals surface area contributed by atoms with Crippen molar-refractivity contribution in [1.82, 2.24) is 0 Å². The molecule has 0 aromatic rings. The van der Waals surface area contributed by atoms with Gasteiger partial charge in [-0.3, -0.25) is 4.79 Å². The van der Waals surface area contributed by atoms with Gasteiger partial charge in [-0.1, -0.05) is 20.8 Å². The van der Waals surface area contributed by atoms with Gasteiger partial charge in [-0.05, 0) is 74.0 Å². The summed E-state index contributed by atoms with van der Waals surface area (Å²) in [5, 5.41) is 11.3. The summed E-state index contributed by atoms with van der Waals surface area (Å²) in [6, 6.07) is 0. The van der Waals surface area contributed by atoms with Crippen molar-refractivity contribution in [2.75, 3.05) is 13.7 Å². The van der Waals surface area contributed by atoms with Gasteiger partial charge in [0.05, 0.1) is 12.2 Å². The van der Waals surface area contributed by atoms with Crippen molar-refractivity contribution in [3.8, 4) is 0 Å². The van der Waals surface area contributed by atoms with Crippen LogP contribution in [0.15, 0.2) is 0 Å². The summed E-state index contributed by atoms with van der Waals surface area (Å²) in [5.41, 5.74) is -0.312. The number of hydrogen-bond donors (Lipinski definition) is 1. The molecule has 3 heteroatoms. The van der Waals surface area contributed by atoms with Crippen molar-refractivity contribution in [3.63, 3.8) is 0 Å². The monoisotopic (exact) mass is 348 g/mol. The van der Waals surface area contributed by atoms with E-state index in [0.29, 0.717) is 29.6 Å². The Morgan fingerprint density at radius 1 is 1.12 bits per heavy atom. The first kappa shape index (κ1) is 18.0. The largest absolute Gasteiger partial charge is 0.387 e. The van der Waals surface area contributed by atoms with Crippen LogP contribution in [0.3, 0.4) is 0 Å². The van der Waals surface area contributed by atoms with Crippen molar-refractivity contribution in [2.45, 2.75) is 77.7 Å². The molecular formula is C22H36O3. The lowest BCUT2D eigenvalue weighted by Crippen LogP contribution is -2.58. The second-order valence-corrected chi connectivity index (χ2v) is 10.4. The summed E-state index contributed by atoms with van der Waals surface area (Å²) in [6.07, 6.45) is 8.75. The summed E-state index contributed by atoms with van der Waals surface area (Å²) >= 11 is 0. The number of Topliss-reactive ketones (excluding diaryl/α,β-unsaturated/α-hetero) is 1. The maximum atomic E-state index is 12.3. The van der Waals surface area contributed by atoms with Gasteiger partial charge in [0.2, 0.25) is 0 Å². The third-order valence-corrected chi connectivity index (χ3v) is 9.51. The van der Waals surface area contributed by atoms with Crippen molar-refractivity contribution in [1.29, 1.82) is 0 Å². The minimum Gasteiger partial charge on any atom is -0.387 e. The number of ether oxygens (including phenoxy) is 1. The standard InChI is InChI=1S/C22H36O3/c1-14-12-20(2)15(11-19(14)23)5-6-16-17(20)7-9-21(3)18(16)8-10-22(21,24)13-25-4/h14-18,24H,5-13H2,1-4H3/t14-,15-,16+,17+,18-,20+,21+,22-/m1/s1. The molecule has 0 saturated heterocycles. The average Bonchev–Trinajstić information content (AvgIpc) is 2.81. The van der Waals surface area contributed by atoms with E-state index in [1.54, 1.807) is 7.11 Å². The minimum atomic E-state index is -0.648. The zero-order valence-corrected chi connectivity index (χ0v) is 16.5. The molecular weight excluding hydrogens is 312 g/mol. The highest BCUT2D eigenvalue weighted by Gasteiger charge is 2.64. The molecule has 0 aromatic heterocycles. The molecule has 4 fully saturated rings. The SMILES string of the molecule is COC[C@]1(O)CC[C@@H]2[C@H]3CC[C@@H]4CC(=O)[C@H](C)C[C@]4(C)[C@H]3CC[C@@]21C. The van der Waals surface area contributed by atoms with Gasteiger partial charge in [-0.15, -0.1) is 0 Å². The number of methoxy groups -OCH3 is 1. The van der Waals surface area contributed by atoms with Crippen molar-refractivity contribution < 1.29 is 14.6 Å². The molecule has 0 bridgehead atoms. The molecule has 0 aromatic carbocycles. The van der Waals surface area contributed by atoms with Crippen LogP contribution >= 0.6 is 0 Å². The Kier molecular flexibility index (Phi) is 4.16. The molecule has 4 aliphatic carbocycles. The molecule has 0 heterocycles. The zero-order valence-electron chi connectivity index (χ0n) is 16.5. The van der Waals surface area contributed by atoms with E-state index in [0.717, 1.165) is 43.9 Å². The van der Waals surface area contributed by atoms with E-state index in [-0.39, 0.29) is 11.3 Å². The van der Waals surface area contributed by atoms with Crippen LogP contribution in [0.1, 0.15) is 72.1 Å². The lowest BCUT2D eigenvalue weighted by atomic mass is 9.44. The van der Waals surface area contributed by atoms with Crippen molar-refractivity contribution in [2.24, 2.45) is 40.4 Å². The van der Waals surface area contributed by atoms with E-state index in [9.17, 15) is 9.90 Å². The van der Waals surface area contributed by atoms with E-state index in [4.69, 9.17) is 4.74 Å². The van der Waals surface area contributed by atoms with Crippen LogP contribution in [0.25, 0.3) is 0 Å². The van der Waals surface area contributed by atoms with Gasteiger partial charge in [0, 0.05) is 24.9 Å². The van der Waals surface area contributed by atoms with Crippen molar-refractivity contribution >= 4 is 5.78 Å². The summed E-state index contributed by atoms with van der Waals surface area (Å²) in [7, 11) is 1.72.